The molecule has 2 rings (SSSR count). The number of hydrogen-bond donors (Lipinski definition) is 4. The van der Waals surface area contributed by atoms with Crippen LogP contribution in [0.3, 0.4) is 0 Å². The number of carboxylic acids is 1. The number of carbonyl (C=O) groups is 2. The van der Waals surface area contributed by atoms with E-state index in [-0.39, 0.29) is 17.2 Å². The van der Waals surface area contributed by atoms with Crippen LogP contribution in [0.15, 0.2) is 48.5 Å². The second-order valence-corrected chi connectivity index (χ2v) is 5.09. The third-order valence-electron chi connectivity index (χ3n) is 3.26. The lowest BCUT2D eigenvalue weighted by molar-refractivity contribution is -0.139. The van der Waals surface area contributed by atoms with Crippen LogP contribution in [0.25, 0.3) is 0 Å². The molecule has 0 saturated heterocycles. The van der Waals surface area contributed by atoms with Crippen LogP contribution in [0.4, 0.5) is 5.69 Å². The summed E-state index contributed by atoms with van der Waals surface area (Å²) < 4.78 is 0. The van der Waals surface area contributed by atoms with E-state index in [2.05, 4.69) is 10.6 Å². The number of nitrogens with one attached hydrogen (secondary N) is 2. The molecule has 1 amide bonds. The van der Waals surface area contributed by atoms with E-state index in [0.29, 0.717) is 12.2 Å². The van der Waals surface area contributed by atoms with Gasteiger partial charge < -0.3 is 15.5 Å². The topological polar surface area (TPSA) is 98.7 Å². The van der Waals surface area contributed by atoms with E-state index >= 15 is 0 Å². The monoisotopic (exact) mass is 314 g/mol. The summed E-state index contributed by atoms with van der Waals surface area (Å²) in [7, 11) is 0. The molecular formula is C17H18N2O4. The number of phenolic OH excluding ortho intramolecular Hbond substituents is 1. The van der Waals surface area contributed by atoms with Gasteiger partial charge in [0, 0.05) is 24.7 Å². The van der Waals surface area contributed by atoms with Gasteiger partial charge in [0.15, 0.2) is 0 Å². The summed E-state index contributed by atoms with van der Waals surface area (Å²) in [4.78, 5) is 22.7. The molecule has 2 aromatic rings. The Bertz CT molecular complexity index is 701. The Morgan fingerprint density at radius 2 is 1.83 bits per heavy atom. The van der Waals surface area contributed by atoms with E-state index in [0.717, 1.165) is 5.56 Å². The number of hydrogen-bond acceptors (Lipinski definition) is 4. The fourth-order valence-corrected chi connectivity index (χ4v) is 2.21. The van der Waals surface area contributed by atoms with Crippen molar-refractivity contribution in [3.05, 3.63) is 59.7 Å². The number of phenols is 1. The maximum atomic E-state index is 11.5. The van der Waals surface area contributed by atoms with E-state index in [1.54, 1.807) is 0 Å². The Morgan fingerprint density at radius 1 is 1.13 bits per heavy atom. The largest absolute Gasteiger partial charge is 0.508 e. The maximum Gasteiger partial charge on any atom is 0.325 e. The highest BCUT2D eigenvalue weighted by atomic mass is 16.4. The van der Waals surface area contributed by atoms with Gasteiger partial charge in [0.25, 0.3) is 0 Å². The highest BCUT2D eigenvalue weighted by Gasteiger charge is 2.23. The molecule has 1 unspecified atom stereocenters. The molecule has 0 aliphatic heterocycles. The number of aliphatic carboxylic acids is 1. The summed E-state index contributed by atoms with van der Waals surface area (Å²) in [5.74, 6) is -1.53. The SMILES string of the molecule is CC(=O)Nc1ccc(O)c(C(NCc2ccccc2)C(=O)O)c1. The normalized spacial score (nSPS) is 11.7. The van der Waals surface area contributed by atoms with Gasteiger partial charge >= 0.3 is 5.97 Å². The van der Waals surface area contributed by atoms with Gasteiger partial charge in [-0.25, -0.2) is 0 Å². The van der Waals surface area contributed by atoms with Crippen molar-refractivity contribution in [2.24, 2.45) is 0 Å². The van der Waals surface area contributed by atoms with Crippen LogP contribution in [-0.4, -0.2) is 22.1 Å². The molecule has 0 heterocycles. The van der Waals surface area contributed by atoms with Crippen molar-refractivity contribution in [3.63, 3.8) is 0 Å². The summed E-state index contributed by atoms with van der Waals surface area (Å²) >= 11 is 0. The van der Waals surface area contributed by atoms with E-state index in [4.69, 9.17) is 0 Å². The van der Waals surface area contributed by atoms with Gasteiger partial charge in [-0.1, -0.05) is 30.3 Å². The summed E-state index contributed by atoms with van der Waals surface area (Å²) in [5.41, 5.74) is 1.55. The van der Waals surface area contributed by atoms with Gasteiger partial charge in [0.2, 0.25) is 5.91 Å². The van der Waals surface area contributed by atoms with Crippen molar-refractivity contribution in [2.75, 3.05) is 5.32 Å². The molecule has 4 N–H and O–H groups in total. The van der Waals surface area contributed by atoms with Crippen molar-refractivity contribution >= 4 is 17.6 Å². The summed E-state index contributed by atoms with van der Waals surface area (Å²) in [6.07, 6.45) is 0. The third-order valence-corrected chi connectivity index (χ3v) is 3.26. The Kier molecular flexibility index (Phi) is 5.32. The number of carbonyl (C=O) groups excluding carboxylic acids is 1. The highest BCUT2D eigenvalue weighted by molar-refractivity contribution is 5.89. The minimum absolute atomic E-state index is 0.146. The predicted molar refractivity (Wildman–Crippen MR) is 86.1 cm³/mol. The molecule has 0 aromatic heterocycles. The summed E-state index contributed by atoms with van der Waals surface area (Å²) in [6, 6.07) is 12.6. The number of amides is 1. The van der Waals surface area contributed by atoms with Crippen molar-refractivity contribution in [2.45, 2.75) is 19.5 Å². The first-order valence-electron chi connectivity index (χ1n) is 7.08. The fraction of sp³-hybridized carbons (Fsp3) is 0.176. The quantitative estimate of drug-likeness (QED) is 0.613. The van der Waals surface area contributed by atoms with Gasteiger partial charge in [-0.15, -0.1) is 0 Å². The molecule has 6 heteroatoms. The lowest BCUT2D eigenvalue weighted by Crippen LogP contribution is -2.28. The Hall–Kier alpha value is -2.86. The minimum atomic E-state index is -1.11. The van der Waals surface area contributed by atoms with E-state index in [1.165, 1.54) is 25.1 Å². The first-order chi connectivity index (χ1) is 11.0. The van der Waals surface area contributed by atoms with Crippen LogP contribution in [0, 0.1) is 0 Å². The first-order valence-corrected chi connectivity index (χ1v) is 7.08. The average molecular weight is 314 g/mol. The molecule has 0 aliphatic carbocycles. The number of carboxylic acid groups (broad SMARTS) is 1. The smallest absolute Gasteiger partial charge is 0.325 e. The van der Waals surface area contributed by atoms with Crippen LogP contribution in [0.2, 0.25) is 0 Å². The van der Waals surface area contributed by atoms with Crippen molar-refractivity contribution in [1.29, 1.82) is 0 Å². The van der Waals surface area contributed by atoms with Crippen LogP contribution in [0.5, 0.6) is 5.75 Å². The molecular weight excluding hydrogens is 296 g/mol. The van der Waals surface area contributed by atoms with Crippen LogP contribution < -0.4 is 10.6 Å². The van der Waals surface area contributed by atoms with Crippen molar-refractivity contribution in [3.8, 4) is 5.75 Å². The number of aromatic hydroxyl groups is 1. The van der Waals surface area contributed by atoms with Gasteiger partial charge in [-0.3, -0.25) is 14.9 Å². The second kappa shape index (κ2) is 7.42. The molecule has 120 valence electrons. The molecule has 1 atom stereocenters. The van der Waals surface area contributed by atoms with Gasteiger partial charge in [0.05, 0.1) is 0 Å². The average Bonchev–Trinajstić information content (AvgIpc) is 2.50. The first kappa shape index (κ1) is 16.5. The number of anilines is 1. The molecule has 0 radical (unpaired) electrons. The highest BCUT2D eigenvalue weighted by Crippen LogP contribution is 2.28. The molecule has 0 bridgehead atoms. The molecule has 23 heavy (non-hydrogen) atoms. The van der Waals surface area contributed by atoms with Crippen LogP contribution in [0.1, 0.15) is 24.1 Å². The lowest BCUT2D eigenvalue weighted by Gasteiger charge is -2.17. The zero-order valence-electron chi connectivity index (χ0n) is 12.6. The third kappa shape index (κ3) is 4.55. The number of rotatable bonds is 6. The molecule has 0 spiro atoms. The maximum absolute atomic E-state index is 11.5. The van der Waals surface area contributed by atoms with Crippen molar-refractivity contribution in [1.82, 2.24) is 5.32 Å². The predicted octanol–water partition coefficient (Wildman–Crippen LogP) is 2.27. The molecule has 0 aliphatic rings. The molecule has 2 aromatic carbocycles. The molecule has 6 nitrogen and oxygen atoms in total. The summed E-state index contributed by atoms with van der Waals surface area (Å²) in [5, 5.41) is 24.9. The Labute approximate surface area is 133 Å². The van der Waals surface area contributed by atoms with Crippen molar-refractivity contribution < 1.29 is 19.8 Å². The van der Waals surface area contributed by atoms with E-state index < -0.39 is 12.0 Å². The fourth-order valence-electron chi connectivity index (χ4n) is 2.21. The van der Waals surface area contributed by atoms with Crippen LogP contribution >= 0.6 is 0 Å². The zero-order chi connectivity index (χ0) is 16.8. The molecule has 0 saturated carbocycles. The summed E-state index contributed by atoms with van der Waals surface area (Å²) in [6.45, 7) is 1.69. The minimum Gasteiger partial charge on any atom is -0.508 e. The van der Waals surface area contributed by atoms with E-state index in [1.807, 2.05) is 30.3 Å². The Morgan fingerprint density at radius 3 is 2.43 bits per heavy atom. The van der Waals surface area contributed by atoms with Gasteiger partial charge in [0.1, 0.15) is 11.8 Å². The zero-order valence-corrected chi connectivity index (χ0v) is 12.6. The lowest BCUT2D eigenvalue weighted by atomic mass is 10.0. The van der Waals surface area contributed by atoms with Gasteiger partial charge in [-0.05, 0) is 23.8 Å². The van der Waals surface area contributed by atoms with E-state index in [9.17, 15) is 19.8 Å². The standard InChI is InChI=1S/C17H18N2O4/c1-11(20)19-13-7-8-15(21)14(9-13)16(17(22)23)18-10-12-5-3-2-4-6-12/h2-9,16,18,21H,10H2,1H3,(H,19,20)(H,22,23). The number of benzene rings is 2. The van der Waals surface area contributed by atoms with Gasteiger partial charge in [-0.2, -0.15) is 0 Å². The second-order valence-electron chi connectivity index (χ2n) is 5.09. The van der Waals surface area contributed by atoms with Crippen LogP contribution in [-0.2, 0) is 16.1 Å². The Balaban J connectivity index is 2.23. The molecule has 0 fully saturated rings.